The predicted octanol–water partition coefficient (Wildman–Crippen LogP) is 1.61. The monoisotopic (exact) mass is 276 g/mol. The van der Waals surface area contributed by atoms with Gasteiger partial charge in [-0.3, -0.25) is 9.69 Å². The number of methoxy groups -OCH3 is 1. The minimum atomic E-state index is -0.222. The number of hydrogen-bond acceptors (Lipinski definition) is 4. The molecule has 2 rings (SSSR count). The molecule has 1 aliphatic heterocycles. The molecule has 1 saturated heterocycles. The SMILES string of the molecule is COC(=O)C(CN1CC(CN)CC1C)c1ccccc1. The predicted molar refractivity (Wildman–Crippen MR) is 79.4 cm³/mol. The van der Waals surface area contributed by atoms with E-state index < -0.39 is 0 Å². The van der Waals surface area contributed by atoms with Gasteiger partial charge in [-0.25, -0.2) is 0 Å². The van der Waals surface area contributed by atoms with Crippen LogP contribution in [-0.4, -0.2) is 43.7 Å². The fourth-order valence-corrected chi connectivity index (χ4v) is 3.02. The average molecular weight is 276 g/mol. The van der Waals surface area contributed by atoms with Gasteiger partial charge in [0.2, 0.25) is 0 Å². The average Bonchev–Trinajstić information content (AvgIpc) is 2.85. The largest absolute Gasteiger partial charge is 0.469 e. The highest BCUT2D eigenvalue weighted by Crippen LogP contribution is 2.26. The van der Waals surface area contributed by atoms with Crippen molar-refractivity contribution in [3.8, 4) is 0 Å². The second-order valence-corrected chi connectivity index (χ2v) is 5.63. The molecule has 0 saturated carbocycles. The molecular weight excluding hydrogens is 252 g/mol. The first-order valence-electron chi connectivity index (χ1n) is 7.22. The highest BCUT2D eigenvalue weighted by atomic mass is 16.5. The Hall–Kier alpha value is -1.39. The number of hydrogen-bond donors (Lipinski definition) is 1. The lowest BCUT2D eigenvalue weighted by molar-refractivity contribution is -0.143. The van der Waals surface area contributed by atoms with E-state index in [2.05, 4.69) is 11.8 Å². The second-order valence-electron chi connectivity index (χ2n) is 5.63. The van der Waals surface area contributed by atoms with E-state index in [1.54, 1.807) is 0 Å². The summed E-state index contributed by atoms with van der Waals surface area (Å²) in [5, 5.41) is 0. The fourth-order valence-electron chi connectivity index (χ4n) is 3.02. The Labute approximate surface area is 120 Å². The summed E-state index contributed by atoms with van der Waals surface area (Å²) in [7, 11) is 1.45. The maximum atomic E-state index is 12.1. The Morgan fingerprint density at radius 2 is 2.15 bits per heavy atom. The van der Waals surface area contributed by atoms with Crippen molar-refractivity contribution in [1.82, 2.24) is 4.90 Å². The first kappa shape index (κ1) is 15.0. The lowest BCUT2D eigenvalue weighted by atomic mass is 9.98. The van der Waals surface area contributed by atoms with E-state index in [1.807, 2.05) is 30.3 Å². The van der Waals surface area contributed by atoms with Crippen LogP contribution in [0.25, 0.3) is 0 Å². The van der Waals surface area contributed by atoms with Crippen LogP contribution in [-0.2, 0) is 9.53 Å². The van der Waals surface area contributed by atoms with Gasteiger partial charge in [0.1, 0.15) is 0 Å². The van der Waals surface area contributed by atoms with Crippen LogP contribution in [0.3, 0.4) is 0 Å². The molecule has 20 heavy (non-hydrogen) atoms. The molecule has 0 radical (unpaired) electrons. The topological polar surface area (TPSA) is 55.6 Å². The molecule has 110 valence electrons. The molecule has 1 fully saturated rings. The van der Waals surface area contributed by atoms with Crippen LogP contribution in [0.2, 0.25) is 0 Å². The van der Waals surface area contributed by atoms with E-state index in [0.29, 0.717) is 18.5 Å². The number of nitrogens with zero attached hydrogens (tertiary/aromatic N) is 1. The quantitative estimate of drug-likeness (QED) is 0.830. The Bertz CT molecular complexity index is 435. The summed E-state index contributed by atoms with van der Waals surface area (Å²) in [6.07, 6.45) is 1.11. The lowest BCUT2D eigenvalue weighted by Gasteiger charge is -2.26. The Kier molecular flexibility index (Phi) is 5.15. The van der Waals surface area contributed by atoms with Crippen molar-refractivity contribution < 1.29 is 9.53 Å². The number of likely N-dealkylation sites (tertiary alicyclic amines) is 1. The van der Waals surface area contributed by atoms with Crippen molar-refractivity contribution in [3.05, 3.63) is 35.9 Å². The summed E-state index contributed by atoms with van der Waals surface area (Å²) in [6.45, 7) is 4.59. The molecule has 1 aliphatic rings. The molecule has 0 bridgehead atoms. The summed E-state index contributed by atoms with van der Waals surface area (Å²) in [5.74, 6) is 0.152. The zero-order chi connectivity index (χ0) is 14.5. The molecule has 3 unspecified atom stereocenters. The maximum Gasteiger partial charge on any atom is 0.314 e. The molecule has 1 aromatic rings. The van der Waals surface area contributed by atoms with Gasteiger partial charge >= 0.3 is 5.97 Å². The Morgan fingerprint density at radius 3 is 2.70 bits per heavy atom. The van der Waals surface area contributed by atoms with Crippen molar-refractivity contribution in [2.45, 2.75) is 25.3 Å². The van der Waals surface area contributed by atoms with Crippen LogP contribution in [0.15, 0.2) is 30.3 Å². The zero-order valence-electron chi connectivity index (χ0n) is 12.3. The Balaban J connectivity index is 2.11. The third-order valence-electron chi connectivity index (χ3n) is 4.23. The number of esters is 1. The van der Waals surface area contributed by atoms with E-state index >= 15 is 0 Å². The van der Waals surface area contributed by atoms with E-state index in [4.69, 9.17) is 10.5 Å². The van der Waals surface area contributed by atoms with Gasteiger partial charge in [-0.1, -0.05) is 30.3 Å². The summed E-state index contributed by atoms with van der Waals surface area (Å²) >= 11 is 0. The van der Waals surface area contributed by atoms with Crippen LogP contribution in [0.4, 0.5) is 0 Å². The number of ether oxygens (including phenoxy) is 1. The molecule has 2 N–H and O–H groups in total. The van der Waals surface area contributed by atoms with Crippen LogP contribution < -0.4 is 5.73 Å². The summed E-state index contributed by atoms with van der Waals surface area (Å²) < 4.78 is 4.98. The molecule has 0 aliphatic carbocycles. The van der Waals surface area contributed by atoms with E-state index in [9.17, 15) is 4.79 Å². The molecular formula is C16H24N2O2. The van der Waals surface area contributed by atoms with Gasteiger partial charge in [0, 0.05) is 19.1 Å². The van der Waals surface area contributed by atoms with Gasteiger partial charge in [-0.05, 0) is 31.4 Å². The van der Waals surface area contributed by atoms with E-state index in [1.165, 1.54) is 7.11 Å². The molecule has 4 nitrogen and oxygen atoms in total. The molecule has 0 amide bonds. The first-order chi connectivity index (χ1) is 9.65. The van der Waals surface area contributed by atoms with Crippen molar-refractivity contribution in [1.29, 1.82) is 0 Å². The minimum absolute atomic E-state index is 0.167. The van der Waals surface area contributed by atoms with Crippen LogP contribution in [0.1, 0.15) is 24.8 Å². The molecule has 0 spiro atoms. The highest BCUT2D eigenvalue weighted by molar-refractivity contribution is 5.78. The molecule has 3 atom stereocenters. The Morgan fingerprint density at radius 1 is 1.45 bits per heavy atom. The first-order valence-corrected chi connectivity index (χ1v) is 7.22. The fraction of sp³-hybridized carbons (Fsp3) is 0.562. The van der Waals surface area contributed by atoms with Crippen molar-refractivity contribution >= 4 is 5.97 Å². The number of benzene rings is 1. The van der Waals surface area contributed by atoms with Gasteiger partial charge in [0.15, 0.2) is 0 Å². The van der Waals surface area contributed by atoms with Gasteiger partial charge in [-0.2, -0.15) is 0 Å². The normalized spacial score (nSPS) is 24.6. The standard InChI is InChI=1S/C16H24N2O2/c1-12-8-13(9-17)10-18(12)11-15(16(19)20-2)14-6-4-3-5-7-14/h3-7,12-13,15H,8-11,17H2,1-2H3. The van der Waals surface area contributed by atoms with Crippen molar-refractivity contribution in [2.24, 2.45) is 11.7 Å². The lowest BCUT2D eigenvalue weighted by Crippen LogP contribution is -2.35. The molecule has 1 aromatic carbocycles. The van der Waals surface area contributed by atoms with Gasteiger partial charge in [0.25, 0.3) is 0 Å². The minimum Gasteiger partial charge on any atom is -0.469 e. The summed E-state index contributed by atoms with van der Waals surface area (Å²) in [6, 6.07) is 10.3. The molecule has 1 heterocycles. The number of nitrogens with two attached hydrogens (primary N) is 1. The second kappa shape index (κ2) is 6.86. The van der Waals surface area contributed by atoms with Gasteiger partial charge in [-0.15, -0.1) is 0 Å². The number of carbonyl (C=O) groups is 1. The van der Waals surface area contributed by atoms with Crippen molar-refractivity contribution in [2.75, 3.05) is 26.7 Å². The summed E-state index contributed by atoms with van der Waals surface area (Å²) in [5.41, 5.74) is 6.78. The third-order valence-corrected chi connectivity index (χ3v) is 4.23. The van der Waals surface area contributed by atoms with Crippen LogP contribution in [0, 0.1) is 5.92 Å². The zero-order valence-corrected chi connectivity index (χ0v) is 12.3. The van der Waals surface area contributed by atoms with Crippen LogP contribution in [0.5, 0.6) is 0 Å². The van der Waals surface area contributed by atoms with Crippen molar-refractivity contribution in [3.63, 3.8) is 0 Å². The van der Waals surface area contributed by atoms with E-state index in [-0.39, 0.29) is 11.9 Å². The van der Waals surface area contributed by atoms with E-state index in [0.717, 1.165) is 25.1 Å². The highest BCUT2D eigenvalue weighted by Gasteiger charge is 2.32. The van der Waals surface area contributed by atoms with Crippen LogP contribution >= 0.6 is 0 Å². The smallest absolute Gasteiger partial charge is 0.314 e. The third kappa shape index (κ3) is 3.38. The number of rotatable bonds is 5. The van der Waals surface area contributed by atoms with Gasteiger partial charge in [0.05, 0.1) is 13.0 Å². The number of carbonyl (C=O) groups excluding carboxylic acids is 1. The van der Waals surface area contributed by atoms with Gasteiger partial charge < -0.3 is 10.5 Å². The maximum absolute atomic E-state index is 12.1. The summed E-state index contributed by atoms with van der Waals surface area (Å²) in [4.78, 5) is 14.4. The molecule has 0 aromatic heterocycles. The molecule has 4 heteroatoms.